The predicted octanol–water partition coefficient (Wildman–Crippen LogP) is 3.46. The van der Waals surface area contributed by atoms with Gasteiger partial charge in [0.1, 0.15) is 11.4 Å². The van der Waals surface area contributed by atoms with Crippen LogP contribution in [0.4, 0.5) is 4.39 Å². The number of nitrogens with zero attached hydrogens (tertiary/aromatic N) is 1. The maximum atomic E-state index is 13.4. The lowest BCUT2D eigenvalue weighted by Gasteiger charge is -2.40. The van der Waals surface area contributed by atoms with Gasteiger partial charge in [0.05, 0.1) is 0 Å². The number of hydrogen-bond acceptors (Lipinski definition) is 2. The van der Waals surface area contributed by atoms with E-state index in [1.165, 1.54) is 12.1 Å². The molecule has 1 rings (SSSR count). The Kier molecular flexibility index (Phi) is 5.06. The van der Waals surface area contributed by atoms with Gasteiger partial charge in [0.15, 0.2) is 0 Å². The van der Waals surface area contributed by atoms with Crippen molar-refractivity contribution in [1.82, 2.24) is 4.90 Å². The molecule has 1 atom stereocenters. The summed E-state index contributed by atoms with van der Waals surface area (Å²) in [5, 5.41) is 9.37. The molecule has 0 saturated heterocycles. The topological polar surface area (TPSA) is 40.5 Å². The minimum absolute atomic E-state index is 0.105. The first-order chi connectivity index (χ1) is 8.84. The second-order valence-corrected chi connectivity index (χ2v) is 5.13. The van der Waals surface area contributed by atoms with Gasteiger partial charge in [-0.15, -0.1) is 0 Å². The van der Waals surface area contributed by atoms with Crippen LogP contribution in [0.3, 0.4) is 0 Å². The monoisotopic (exact) mass is 267 g/mol. The first-order valence-electron chi connectivity index (χ1n) is 6.60. The van der Waals surface area contributed by atoms with E-state index in [0.717, 1.165) is 12.0 Å². The largest absolute Gasteiger partial charge is 0.480 e. The minimum atomic E-state index is -0.984. The number of carboxylic acids is 1. The highest BCUT2D eigenvalue weighted by atomic mass is 19.1. The molecule has 0 aliphatic rings. The molecule has 19 heavy (non-hydrogen) atoms. The van der Waals surface area contributed by atoms with E-state index < -0.39 is 11.5 Å². The molecule has 4 heteroatoms. The van der Waals surface area contributed by atoms with Crippen LogP contribution < -0.4 is 0 Å². The lowest BCUT2D eigenvalue weighted by Crippen LogP contribution is -2.51. The van der Waals surface area contributed by atoms with Crippen molar-refractivity contribution in [3.63, 3.8) is 0 Å². The van der Waals surface area contributed by atoms with E-state index in [0.29, 0.717) is 6.54 Å². The summed E-state index contributed by atoms with van der Waals surface area (Å²) >= 11 is 0. The molecular weight excluding hydrogens is 245 g/mol. The maximum Gasteiger partial charge on any atom is 0.323 e. The fourth-order valence-electron chi connectivity index (χ4n) is 2.48. The van der Waals surface area contributed by atoms with Gasteiger partial charge in [0.2, 0.25) is 0 Å². The summed E-state index contributed by atoms with van der Waals surface area (Å²) in [5.41, 5.74) is -0.166. The van der Waals surface area contributed by atoms with E-state index in [1.807, 2.05) is 24.8 Å². The SMILES string of the molecule is CCC(c1cccc(F)c1)N(CC)C(C)(C)C(=O)O. The van der Waals surface area contributed by atoms with Crippen molar-refractivity contribution in [2.45, 2.75) is 45.7 Å². The first kappa shape index (κ1) is 15.6. The quantitative estimate of drug-likeness (QED) is 0.858. The molecule has 0 bridgehead atoms. The highest BCUT2D eigenvalue weighted by Gasteiger charge is 2.37. The normalized spacial score (nSPS) is 13.6. The van der Waals surface area contributed by atoms with Crippen LogP contribution in [0.25, 0.3) is 0 Å². The average molecular weight is 267 g/mol. The third kappa shape index (κ3) is 3.32. The molecule has 0 aliphatic heterocycles. The van der Waals surface area contributed by atoms with Crippen LogP contribution >= 0.6 is 0 Å². The molecule has 106 valence electrons. The van der Waals surface area contributed by atoms with Gasteiger partial charge in [-0.3, -0.25) is 9.69 Å². The summed E-state index contributed by atoms with van der Waals surface area (Å²) in [7, 11) is 0. The van der Waals surface area contributed by atoms with E-state index in [1.54, 1.807) is 19.9 Å². The Bertz CT molecular complexity index is 446. The second kappa shape index (κ2) is 6.15. The highest BCUT2D eigenvalue weighted by Crippen LogP contribution is 2.31. The molecule has 3 nitrogen and oxygen atoms in total. The number of halogens is 1. The Hall–Kier alpha value is -1.42. The maximum absolute atomic E-state index is 13.4. The Morgan fingerprint density at radius 1 is 1.42 bits per heavy atom. The number of hydrogen-bond donors (Lipinski definition) is 1. The van der Waals surface area contributed by atoms with Crippen LogP contribution in [0.2, 0.25) is 0 Å². The van der Waals surface area contributed by atoms with Crippen LogP contribution in [-0.2, 0) is 4.79 Å². The molecule has 1 N–H and O–H groups in total. The van der Waals surface area contributed by atoms with E-state index in [4.69, 9.17) is 0 Å². The van der Waals surface area contributed by atoms with Gasteiger partial charge >= 0.3 is 5.97 Å². The molecule has 1 aromatic rings. The molecule has 0 heterocycles. The number of benzene rings is 1. The Morgan fingerprint density at radius 3 is 2.47 bits per heavy atom. The van der Waals surface area contributed by atoms with Crippen LogP contribution in [-0.4, -0.2) is 28.1 Å². The fourth-order valence-corrected chi connectivity index (χ4v) is 2.48. The Morgan fingerprint density at radius 2 is 2.05 bits per heavy atom. The molecule has 0 amide bonds. The molecule has 0 aromatic heterocycles. The van der Waals surface area contributed by atoms with Crippen molar-refractivity contribution in [2.24, 2.45) is 0 Å². The van der Waals surface area contributed by atoms with E-state index in [2.05, 4.69) is 0 Å². The first-order valence-corrected chi connectivity index (χ1v) is 6.60. The van der Waals surface area contributed by atoms with E-state index >= 15 is 0 Å². The zero-order chi connectivity index (χ0) is 14.6. The fraction of sp³-hybridized carbons (Fsp3) is 0.533. The summed E-state index contributed by atoms with van der Waals surface area (Å²) < 4.78 is 13.4. The van der Waals surface area contributed by atoms with Crippen LogP contribution in [0.1, 0.15) is 45.7 Å². The van der Waals surface area contributed by atoms with Crippen molar-refractivity contribution < 1.29 is 14.3 Å². The summed E-state index contributed by atoms with van der Waals surface area (Å²) in [4.78, 5) is 13.3. The van der Waals surface area contributed by atoms with Gasteiger partial charge in [-0.2, -0.15) is 0 Å². The lowest BCUT2D eigenvalue weighted by atomic mass is 9.94. The number of carbonyl (C=O) groups is 1. The number of rotatable bonds is 6. The zero-order valence-corrected chi connectivity index (χ0v) is 12.0. The molecular formula is C15H22FNO2. The predicted molar refractivity (Wildman–Crippen MR) is 73.5 cm³/mol. The molecule has 0 spiro atoms. The van der Waals surface area contributed by atoms with Gasteiger partial charge in [-0.1, -0.05) is 26.0 Å². The van der Waals surface area contributed by atoms with Crippen molar-refractivity contribution in [3.05, 3.63) is 35.6 Å². The zero-order valence-electron chi connectivity index (χ0n) is 12.0. The van der Waals surface area contributed by atoms with Gasteiger partial charge < -0.3 is 5.11 Å². The number of likely N-dealkylation sites (N-methyl/N-ethyl adjacent to an activating group) is 1. The molecule has 0 fully saturated rings. The van der Waals surface area contributed by atoms with Gasteiger partial charge in [-0.05, 0) is 44.5 Å². The summed E-state index contributed by atoms with van der Waals surface area (Å²) in [6, 6.07) is 6.28. The standard InChI is InChI=1S/C15H22FNO2/c1-5-13(11-8-7-9-12(16)10-11)17(6-2)15(3,4)14(18)19/h7-10,13H,5-6H2,1-4H3,(H,18,19). The Balaban J connectivity index is 3.16. The number of aliphatic carboxylic acids is 1. The van der Waals surface area contributed by atoms with Crippen molar-refractivity contribution in [2.75, 3.05) is 6.54 Å². The molecule has 1 aromatic carbocycles. The van der Waals surface area contributed by atoms with Gasteiger partial charge in [0.25, 0.3) is 0 Å². The molecule has 0 radical (unpaired) electrons. The summed E-state index contributed by atoms with van der Waals surface area (Å²) in [6.45, 7) is 7.86. The van der Waals surface area contributed by atoms with E-state index in [-0.39, 0.29) is 11.9 Å². The van der Waals surface area contributed by atoms with Gasteiger partial charge in [0, 0.05) is 6.04 Å². The Labute approximate surface area is 114 Å². The van der Waals surface area contributed by atoms with Crippen molar-refractivity contribution in [1.29, 1.82) is 0 Å². The molecule has 0 aliphatic carbocycles. The van der Waals surface area contributed by atoms with Crippen molar-refractivity contribution in [3.8, 4) is 0 Å². The smallest absolute Gasteiger partial charge is 0.323 e. The van der Waals surface area contributed by atoms with Crippen molar-refractivity contribution >= 4 is 5.97 Å². The summed E-state index contributed by atoms with van der Waals surface area (Å²) in [5.74, 6) is -1.16. The van der Waals surface area contributed by atoms with Crippen LogP contribution in [0.5, 0.6) is 0 Å². The average Bonchev–Trinajstić information content (AvgIpc) is 2.35. The highest BCUT2D eigenvalue weighted by molar-refractivity contribution is 5.77. The second-order valence-electron chi connectivity index (χ2n) is 5.13. The number of carboxylic acid groups (broad SMARTS) is 1. The van der Waals surface area contributed by atoms with Crippen LogP contribution in [0, 0.1) is 5.82 Å². The van der Waals surface area contributed by atoms with Crippen LogP contribution in [0.15, 0.2) is 24.3 Å². The third-order valence-corrected chi connectivity index (χ3v) is 3.58. The minimum Gasteiger partial charge on any atom is -0.480 e. The lowest BCUT2D eigenvalue weighted by molar-refractivity contribution is -0.151. The third-order valence-electron chi connectivity index (χ3n) is 3.58. The van der Waals surface area contributed by atoms with E-state index in [9.17, 15) is 14.3 Å². The van der Waals surface area contributed by atoms with Gasteiger partial charge in [-0.25, -0.2) is 4.39 Å². The summed E-state index contributed by atoms with van der Waals surface area (Å²) in [6.07, 6.45) is 0.730. The molecule has 0 saturated carbocycles. The molecule has 1 unspecified atom stereocenters.